The normalized spacial score (nSPS) is 16.4. The summed E-state index contributed by atoms with van der Waals surface area (Å²) < 4.78 is 35.1. The quantitative estimate of drug-likeness (QED) is 0.288. The lowest BCUT2D eigenvalue weighted by molar-refractivity contribution is -0.119. The number of tetrazole rings is 1. The third-order valence-corrected chi connectivity index (χ3v) is 9.76. The molecular formula is C26H32N8O5S2. The first-order valence-electron chi connectivity index (χ1n) is 13.4. The third-order valence-electron chi connectivity index (χ3n) is 6.95. The highest BCUT2D eigenvalue weighted by atomic mass is 32.2. The minimum Gasteiger partial charge on any atom is -0.378 e. The Kier molecular flexibility index (Phi) is 9.17. The number of ether oxygens (including phenoxy) is 1. The van der Waals surface area contributed by atoms with Crippen LogP contribution in [0.4, 0.5) is 5.69 Å². The largest absolute Gasteiger partial charge is 0.378 e. The molecule has 0 aliphatic carbocycles. The van der Waals surface area contributed by atoms with Gasteiger partial charge in [0.25, 0.3) is 5.91 Å². The fourth-order valence-electron chi connectivity index (χ4n) is 4.77. The van der Waals surface area contributed by atoms with Gasteiger partial charge in [-0.2, -0.15) is 8.99 Å². The zero-order valence-corrected chi connectivity index (χ0v) is 24.3. The Hall–Kier alpha value is -3.53. The Morgan fingerprint density at radius 3 is 2.49 bits per heavy atom. The molecule has 0 unspecified atom stereocenters. The van der Waals surface area contributed by atoms with Gasteiger partial charge in [0.2, 0.25) is 21.1 Å². The van der Waals surface area contributed by atoms with Crippen LogP contribution >= 0.6 is 11.8 Å². The zero-order valence-electron chi connectivity index (χ0n) is 22.7. The number of aryl methyl sites for hydroxylation is 1. The summed E-state index contributed by atoms with van der Waals surface area (Å²) in [6, 6.07) is 12.2. The molecule has 13 nitrogen and oxygen atoms in total. The summed E-state index contributed by atoms with van der Waals surface area (Å²) >= 11 is 1.12. The van der Waals surface area contributed by atoms with Crippen LogP contribution in [0.15, 0.2) is 52.5 Å². The van der Waals surface area contributed by atoms with Gasteiger partial charge in [-0.15, -0.1) is 5.10 Å². The number of sulfonamides is 1. The van der Waals surface area contributed by atoms with Gasteiger partial charge in [0.15, 0.2) is 0 Å². The lowest BCUT2D eigenvalue weighted by Crippen LogP contribution is -2.44. The van der Waals surface area contributed by atoms with E-state index in [2.05, 4.69) is 26.4 Å². The van der Waals surface area contributed by atoms with Crippen LogP contribution in [0.25, 0.3) is 5.69 Å². The lowest BCUT2D eigenvalue weighted by Gasteiger charge is -2.31. The number of carbonyl (C=O) groups is 2. The maximum absolute atomic E-state index is 13.3. The van der Waals surface area contributed by atoms with Gasteiger partial charge >= 0.3 is 0 Å². The first-order chi connectivity index (χ1) is 19.8. The minimum absolute atomic E-state index is 0.0477. The number of benzene rings is 2. The van der Waals surface area contributed by atoms with E-state index in [-0.39, 0.29) is 16.2 Å². The highest BCUT2D eigenvalue weighted by molar-refractivity contribution is 7.99. The Morgan fingerprint density at radius 1 is 0.976 bits per heavy atom. The second-order valence-electron chi connectivity index (χ2n) is 9.69. The van der Waals surface area contributed by atoms with Crippen LogP contribution in [-0.4, -0.2) is 89.9 Å². The molecule has 2 amide bonds. The van der Waals surface area contributed by atoms with Gasteiger partial charge in [0.1, 0.15) is 0 Å². The number of nitrogens with one attached hydrogen (secondary N) is 2. The van der Waals surface area contributed by atoms with Crippen molar-refractivity contribution in [3.63, 3.8) is 0 Å². The van der Waals surface area contributed by atoms with Crippen molar-refractivity contribution in [2.45, 2.75) is 36.2 Å². The highest BCUT2D eigenvalue weighted by Crippen LogP contribution is 2.28. The molecule has 3 heterocycles. The van der Waals surface area contributed by atoms with E-state index in [1.165, 1.54) is 10.4 Å². The number of nitrogens with zero attached hydrogens (tertiary/aromatic N) is 6. The van der Waals surface area contributed by atoms with E-state index < -0.39 is 21.8 Å². The molecule has 5 rings (SSSR count). The number of hydrogen-bond donors (Lipinski definition) is 2. The summed E-state index contributed by atoms with van der Waals surface area (Å²) in [6.07, 6.45) is 2.61. The van der Waals surface area contributed by atoms with Crippen molar-refractivity contribution in [2.75, 3.05) is 50.0 Å². The molecule has 2 aliphatic heterocycles. The summed E-state index contributed by atoms with van der Waals surface area (Å²) in [5.74, 6) is -1.16. The number of piperidine rings is 1. The molecule has 0 spiro atoms. The Morgan fingerprint density at radius 2 is 1.73 bits per heavy atom. The number of anilines is 1. The fourth-order valence-corrected chi connectivity index (χ4v) is 7.00. The predicted octanol–water partition coefficient (Wildman–Crippen LogP) is 1.54. The van der Waals surface area contributed by atoms with Crippen LogP contribution < -0.4 is 15.8 Å². The van der Waals surface area contributed by atoms with Crippen molar-refractivity contribution < 1.29 is 22.7 Å². The molecule has 2 N–H and O–H groups in total. The predicted molar refractivity (Wildman–Crippen MR) is 152 cm³/mol. The number of rotatable bonds is 8. The fraction of sp³-hybridized carbons (Fsp3) is 0.423. The number of hydrogen-bond acceptors (Lipinski definition) is 10. The molecule has 2 saturated heterocycles. The second-order valence-corrected chi connectivity index (χ2v) is 12.6. The van der Waals surface area contributed by atoms with Gasteiger partial charge in [-0.1, -0.05) is 36.4 Å². The van der Waals surface area contributed by atoms with E-state index in [9.17, 15) is 18.0 Å². The number of amides is 2. The number of aromatic nitrogens is 4. The smallest absolute Gasteiger partial charge is 0.271 e. The molecule has 0 saturated carbocycles. The van der Waals surface area contributed by atoms with E-state index in [0.29, 0.717) is 50.2 Å². The number of para-hydroxylation sites is 1. The standard InChI is InChI=1S/C26H32N8O5S2/c1-19-7-3-4-8-22(19)34-26(29-30-31-34)40-18-24(35)27-28-25(36)21-17-20(41(37,38)33-11-5-2-6-12-33)9-10-23(21)32-13-15-39-16-14-32/h3-4,7-10,17H,2,5-6,11-16,18H2,1H3,(H,27,35)(H,28,36). The summed E-state index contributed by atoms with van der Waals surface area (Å²) in [6.45, 7) is 4.93. The molecule has 15 heteroatoms. The van der Waals surface area contributed by atoms with Gasteiger partial charge in [-0.25, -0.2) is 8.42 Å². The maximum atomic E-state index is 13.3. The Labute approximate surface area is 242 Å². The van der Waals surface area contributed by atoms with Gasteiger partial charge in [0, 0.05) is 31.9 Å². The van der Waals surface area contributed by atoms with Crippen LogP contribution in [0.5, 0.6) is 0 Å². The average molecular weight is 601 g/mol. The first kappa shape index (κ1) is 29.0. The number of hydrazine groups is 1. The number of morpholine rings is 1. The number of carbonyl (C=O) groups excluding carboxylic acids is 2. The first-order valence-corrected chi connectivity index (χ1v) is 15.8. The molecular weight excluding hydrogens is 568 g/mol. The molecule has 41 heavy (non-hydrogen) atoms. The average Bonchev–Trinajstić information content (AvgIpc) is 3.48. The Balaban J connectivity index is 1.28. The van der Waals surface area contributed by atoms with E-state index in [1.807, 2.05) is 36.1 Å². The van der Waals surface area contributed by atoms with E-state index in [1.54, 1.807) is 16.8 Å². The van der Waals surface area contributed by atoms with Crippen molar-refractivity contribution in [1.82, 2.24) is 35.4 Å². The van der Waals surface area contributed by atoms with Crippen molar-refractivity contribution >= 4 is 39.3 Å². The van der Waals surface area contributed by atoms with E-state index >= 15 is 0 Å². The van der Waals surface area contributed by atoms with Crippen LogP contribution in [0.2, 0.25) is 0 Å². The summed E-state index contributed by atoms with van der Waals surface area (Å²) in [4.78, 5) is 28.0. The molecule has 218 valence electrons. The summed E-state index contributed by atoms with van der Waals surface area (Å²) in [7, 11) is -3.76. The van der Waals surface area contributed by atoms with E-state index in [4.69, 9.17) is 4.74 Å². The molecule has 2 aliphatic rings. The zero-order chi connectivity index (χ0) is 28.8. The van der Waals surface area contributed by atoms with Crippen LogP contribution in [-0.2, 0) is 19.6 Å². The second kappa shape index (κ2) is 13.0. The van der Waals surface area contributed by atoms with Crippen molar-refractivity contribution in [3.05, 3.63) is 53.6 Å². The highest BCUT2D eigenvalue weighted by Gasteiger charge is 2.29. The molecule has 3 aromatic rings. The summed E-state index contributed by atoms with van der Waals surface area (Å²) in [5.41, 5.74) is 7.36. The minimum atomic E-state index is -3.76. The monoisotopic (exact) mass is 600 g/mol. The van der Waals surface area contributed by atoms with Crippen LogP contribution in [0.3, 0.4) is 0 Å². The van der Waals surface area contributed by atoms with Crippen LogP contribution in [0, 0.1) is 6.92 Å². The van der Waals surface area contributed by atoms with Gasteiger partial charge in [-0.3, -0.25) is 20.4 Å². The summed E-state index contributed by atoms with van der Waals surface area (Å²) in [5, 5.41) is 12.2. The molecule has 0 atom stereocenters. The SMILES string of the molecule is Cc1ccccc1-n1nnnc1SCC(=O)NNC(=O)c1cc(S(=O)(=O)N2CCCCC2)ccc1N1CCOCC1. The molecule has 2 fully saturated rings. The molecule has 2 aromatic carbocycles. The van der Waals surface area contributed by atoms with Crippen molar-refractivity contribution in [1.29, 1.82) is 0 Å². The topological polar surface area (TPSA) is 152 Å². The molecule has 1 aromatic heterocycles. The van der Waals surface area contributed by atoms with Crippen LogP contribution in [0.1, 0.15) is 35.2 Å². The van der Waals surface area contributed by atoms with Crippen molar-refractivity contribution in [3.8, 4) is 5.69 Å². The maximum Gasteiger partial charge on any atom is 0.271 e. The number of thioether (sulfide) groups is 1. The van der Waals surface area contributed by atoms with Gasteiger partial charge in [-0.05, 0) is 60.0 Å². The van der Waals surface area contributed by atoms with Crippen molar-refractivity contribution in [2.24, 2.45) is 0 Å². The van der Waals surface area contributed by atoms with E-state index in [0.717, 1.165) is 42.3 Å². The Bertz CT molecular complexity index is 1500. The molecule has 0 radical (unpaired) electrons. The third kappa shape index (κ3) is 6.69. The van der Waals surface area contributed by atoms with Gasteiger partial charge < -0.3 is 9.64 Å². The molecule has 0 bridgehead atoms. The van der Waals surface area contributed by atoms with Gasteiger partial charge in [0.05, 0.1) is 35.1 Å². The lowest BCUT2D eigenvalue weighted by atomic mass is 10.1.